The quantitative estimate of drug-likeness (QED) is 0.763. The molecule has 1 N–H and O–H groups in total. The minimum absolute atomic E-state index is 0.107. The van der Waals surface area contributed by atoms with Gasteiger partial charge in [-0.2, -0.15) is 0 Å². The molecular weight excluding hydrogens is 278 g/mol. The van der Waals surface area contributed by atoms with E-state index in [0.29, 0.717) is 5.75 Å². The standard InChI is InChI=1S/C18H25NOS/c1-11-15(19-10-21-11)12-8-13(17(2,3)4)16(20)14(9-12)18(5,6)7/h8-10,20H,1-7H3. The number of aromatic nitrogens is 1. The Bertz CT molecular complexity index is 622. The largest absolute Gasteiger partial charge is 0.507 e. The lowest BCUT2D eigenvalue weighted by molar-refractivity contribution is 0.423. The summed E-state index contributed by atoms with van der Waals surface area (Å²) in [4.78, 5) is 5.71. The Morgan fingerprint density at radius 3 is 1.76 bits per heavy atom. The Kier molecular flexibility index (Phi) is 3.92. The summed E-state index contributed by atoms with van der Waals surface area (Å²) in [6, 6.07) is 4.18. The molecule has 1 aromatic carbocycles. The van der Waals surface area contributed by atoms with Crippen molar-refractivity contribution >= 4 is 11.3 Å². The molecule has 2 rings (SSSR count). The second-order valence-corrected chi connectivity index (χ2v) is 8.74. The smallest absolute Gasteiger partial charge is 0.123 e. The number of rotatable bonds is 1. The van der Waals surface area contributed by atoms with Gasteiger partial charge in [0.25, 0.3) is 0 Å². The second-order valence-electron chi connectivity index (χ2n) is 7.68. The van der Waals surface area contributed by atoms with Crippen LogP contribution in [0.3, 0.4) is 0 Å². The van der Waals surface area contributed by atoms with Crippen LogP contribution in [-0.4, -0.2) is 10.1 Å². The Hall–Kier alpha value is -1.35. The van der Waals surface area contributed by atoms with Crippen molar-refractivity contribution in [3.05, 3.63) is 33.6 Å². The number of benzene rings is 1. The van der Waals surface area contributed by atoms with E-state index in [0.717, 1.165) is 22.4 Å². The molecule has 2 aromatic rings. The van der Waals surface area contributed by atoms with Crippen molar-refractivity contribution in [1.82, 2.24) is 4.98 Å². The number of hydrogen-bond acceptors (Lipinski definition) is 3. The summed E-state index contributed by atoms with van der Waals surface area (Å²) in [5.74, 6) is 0.423. The fourth-order valence-electron chi connectivity index (χ4n) is 2.50. The minimum atomic E-state index is -0.107. The van der Waals surface area contributed by atoms with E-state index >= 15 is 0 Å². The van der Waals surface area contributed by atoms with Gasteiger partial charge in [-0.25, -0.2) is 4.98 Å². The molecule has 3 heteroatoms. The summed E-state index contributed by atoms with van der Waals surface area (Å²) in [6.45, 7) is 14.9. The van der Waals surface area contributed by atoms with Gasteiger partial charge in [-0.15, -0.1) is 11.3 Å². The number of aryl methyl sites for hydroxylation is 1. The van der Waals surface area contributed by atoms with Crippen LogP contribution < -0.4 is 0 Å². The van der Waals surface area contributed by atoms with Crippen LogP contribution in [0.5, 0.6) is 5.75 Å². The summed E-state index contributed by atoms with van der Waals surface area (Å²) >= 11 is 1.66. The fourth-order valence-corrected chi connectivity index (χ4v) is 3.10. The Morgan fingerprint density at radius 1 is 0.952 bits per heavy atom. The molecule has 1 heterocycles. The van der Waals surface area contributed by atoms with Gasteiger partial charge in [0.15, 0.2) is 0 Å². The molecule has 0 fully saturated rings. The first-order chi connectivity index (χ1) is 9.51. The van der Waals surface area contributed by atoms with Crippen molar-refractivity contribution < 1.29 is 5.11 Å². The zero-order valence-electron chi connectivity index (χ0n) is 14.0. The molecule has 0 aliphatic carbocycles. The Balaban J connectivity index is 2.78. The van der Waals surface area contributed by atoms with Gasteiger partial charge in [-0.3, -0.25) is 0 Å². The first kappa shape index (κ1) is 16.0. The SMILES string of the molecule is Cc1scnc1-c1cc(C(C)(C)C)c(O)c(C(C)(C)C)c1. The van der Waals surface area contributed by atoms with Gasteiger partial charge < -0.3 is 5.11 Å². The van der Waals surface area contributed by atoms with Crippen molar-refractivity contribution in [2.45, 2.75) is 59.3 Å². The summed E-state index contributed by atoms with van der Waals surface area (Å²) in [5, 5.41) is 10.7. The molecule has 0 aliphatic rings. The topological polar surface area (TPSA) is 33.1 Å². The van der Waals surface area contributed by atoms with Gasteiger partial charge in [0.1, 0.15) is 5.75 Å². The lowest BCUT2D eigenvalue weighted by Crippen LogP contribution is -2.17. The molecule has 0 bridgehead atoms. The van der Waals surface area contributed by atoms with Gasteiger partial charge in [0, 0.05) is 21.6 Å². The molecule has 21 heavy (non-hydrogen) atoms. The third-order valence-electron chi connectivity index (χ3n) is 3.74. The number of phenolic OH excluding ortho intramolecular Hbond substituents is 1. The predicted molar refractivity (Wildman–Crippen MR) is 91.4 cm³/mol. The highest BCUT2D eigenvalue weighted by Gasteiger charge is 2.27. The van der Waals surface area contributed by atoms with Crippen molar-refractivity contribution in [2.75, 3.05) is 0 Å². The third kappa shape index (κ3) is 3.13. The number of aromatic hydroxyl groups is 1. The van der Waals surface area contributed by atoms with Gasteiger partial charge >= 0.3 is 0 Å². The third-order valence-corrected chi connectivity index (χ3v) is 4.50. The van der Waals surface area contributed by atoms with Crippen LogP contribution in [0.1, 0.15) is 57.5 Å². The Morgan fingerprint density at radius 2 is 1.43 bits per heavy atom. The first-order valence-corrected chi connectivity index (χ1v) is 8.18. The zero-order chi connectivity index (χ0) is 16.0. The monoisotopic (exact) mass is 303 g/mol. The van der Waals surface area contributed by atoms with E-state index in [4.69, 9.17) is 0 Å². The predicted octanol–water partition coefficient (Wildman–Crippen LogP) is 5.42. The van der Waals surface area contributed by atoms with Crippen molar-refractivity contribution in [3.8, 4) is 17.0 Å². The number of hydrogen-bond donors (Lipinski definition) is 1. The molecule has 0 saturated heterocycles. The van der Waals surface area contributed by atoms with Gasteiger partial charge in [-0.05, 0) is 29.9 Å². The van der Waals surface area contributed by atoms with Crippen molar-refractivity contribution in [1.29, 1.82) is 0 Å². The Labute approximate surface area is 131 Å². The molecule has 2 nitrogen and oxygen atoms in total. The molecule has 0 spiro atoms. The van der Waals surface area contributed by atoms with Crippen LogP contribution >= 0.6 is 11.3 Å². The molecule has 114 valence electrons. The van der Waals surface area contributed by atoms with Crippen LogP contribution in [0.15, 0.2) is 17.6 Å². The molecule has 1 aromatic heterocycles. The van der Waals surface area contributed by atoms with Gasteiger partial charge in [-0.1, -0.05) is 41.5 Å². The number of nitrogens with zero attached hydrogens (tertiary/aromatic N) is 1. The maximum Gasteiger partial charge on any atom is 0.123 e. The summed E-state index contributed by atoms with van der Waals surface area (Å²) in [5.41, 5.74) is 5.76. The highest BCUT2D eigenvalue weighted by atomic mass is 32.1. The fraction of sp³-hybridized carbons (Fsp3) is 0.500. The lowest BCUT2D eigenvalue weighted by Gasteiger charge is -2.28. The number of phenols is 1. The summed E-state index contributed by atoms with van der Waals surface area (Å²) in [7, 11) is 0. The molecule has 0 aliphatic heterocycles. The van der Waals surface area contributed by atoms with E-state index in [-0.39, 0.29) is 10.8 Å². The average Bonchev–Trinajstić information content (AvgIpc) is 2.72. The summed E-state index contributed by atoms with van der Waals surface area (Å²) < 4.78 is 0. The second kappa shape index (κ2) is 5.13. The van der Waals surface area contributed by atoms with Gasteiger partial charge in [0.2, 0.25) is 0 Å². The zero-order valence-corrected chi connectivity index (χ0v) is 14.9. The van der Waals surface area contributed by atoms with E-state index in [2.05, 4.69) is 65.6 Å². The maximum atomic E-state index is 10.7. The van der Waals surface area contributed by atoms with Crippen molar-refractivity contribution in [3.63, 3.8) is 0 Å². The lowest BCUT2D eigenvalue weighted by atomic mass is 9.78. The van der Waals surface area contributed by atoms with E-state index in [1.165, 1.54) is 4.88 Å². The first-order valence-electron chi connectivity index (χ1n) is 7.30. The normalized spacial score (nSPS) is 12.7. The molecule has 0 saturated carbocycles. The average molecular weight is 303 g/mol. The van der Waals surface area contributed by atoms with Crippen LogP contribution in [0, 0.1) is 6.92 Å². The highest BCUT2D eigenvalue weighted by molar-refractivity contribution is 7.10. The number of thiazole rings is 1. The van der Waals surface area contributed by atoms with E-state index in [1.54, 1.807) is 11.3 Å². The van der Waals surface area contributed by atoms with Gasteiger partial charge in [0.05, 0.1) is 11.2 Å². The highest BCUT2D eigenvalue weighted by Crippen LogP contribution is 2.42. The van der Waals surface area contributed by atoms with Crippen LogP contribution in [0.4, 0.5) is 0 Å². The molecular formula is C18H25NOS. The van der Waals surface area contributed by atoms with E-state index < -0.39 is 0 Å². The van der Waals surface area contributed by atoms with Crippen molar-refractivity contribution in [2.24, 2.45) is 0 Å². The van der Waals surface area contributed by atoms with E-state index in [9.17, 15) is 5.11 Å². The summed E-state index contributed by atoms with van der Waals surface area (Å²) in [6.07, 6.45) is 0. The maximum absolute atomic E-state index is 10.7. The molecule has 0 radical (unpaired) electrons. The van der Waals surface area contributed by atoms with Crippen LogP contribution in [0.25, 0.3) is 11.3 Å². The molecule has 0 atom stereocenters. The van der Waals surface area contributed by atoms with Crippen LogP contribution in [-0.2, 0) is 10.8 Å². The molecule has 0 unspecified atom stereocenters. The van der Waals surface area contributed by atoms with Crippen LogP contribution in [0.2, 0.25) is 0 Å². The molecule has 0 amide bonds. The van der Waals surface area contributed by atoms with E-state index in [1.807, 2.05) is 5.51 Å². The minimum Gasteiger partial charge on any atom is -0.507 e.